The number of hydrogen-bond acceptors (Lipinski definition) is 4. The van der Waals surface area contributed by atoms with E-state index in [0.29, 0.717) is 34.2 Å². The van der Waals surface area contributed by atoms with Crippen LogP contribution in [0.4, 0.5) is 23.2 Å². The van der Waals surface area contributed by atoms with Crippen LogP contribution in [0.1, 0.15) is 25.3 Å². The van der Waals surface area contributed by atoms with Gasteiger partial charge in [-0.05, 0) is 48.4 Å². The molecule has 0 saturated carbocycles. The van der Waals surface area contributed by atoms with Crippen molar-refractivity contribution in [3.05, 3.63) is 82.3 Å². The van der Waals surface area contributed by atoms with Crippen molar-refractivity contribution in [1.82, 2.24) is 0 Å². The van der Waals surface area contributed by atoms with Gasteiger partial charge < -0.3 is 19.5 Å². The third-order valence-corrected chi connectivity index (χ3v) is 5.96. The quantitative estimate of drug-likeness (QED) is 0.233. The topological polar surface area (TPSA) is 41.9 Å². The molecule has 0 amide bonds. The molecular formula is C26H25Cl2F4NO3. The summed E-state index contributed by atoms with van der Waals surface area (Å²) in [5.41, 5.74) is 1.19. The number of hydrogen-bond donors (Lipinski definition) is 1. The lowest BCUT2D eigenvalue weighted by Gasteiger charge is -2.28. The molecule has 36 heavy (non-hydrogen) atoms. The molecule has 0 aliphatic carbocycles. The minimum absolute atomic E-state index is 0.180. The van der Waals surface area contributed by atoms with Crippen molar-refractivity contribution in [2.24, 2.45) is 0 Å². The van der Waals surface area contributed by atoms with E-state index in [2.05, 4.69) is 4.74 Å². The molecule has 0 bridgehead atoms. The van der Waals surface area contributed by atoms with Gasteiger partial charge >= 0.3 is 12.5 Å². The lowest BCUT2D eigenvalue weighted by atomic mass is 10.1. The van der Waals surface area contributed by atoms with Crippen molar-refractivity contribution in [3.63, 3.8) is 0 Å². The predicted octanol–water partition coefficient (Wildman–Crippen LogP) is 8.19. The second-order valence-electron chi connectivity index (χ2n) is 8.09. The van der Waals surface area contributed by atoms with E-state index >= 15 is 0 Å². The normalized spacial score (nSPS) is 12.5. The fraction of sp³-hybridized carbons (Fsp3) is 0.308. The number of benzene rings is 3. The largest absolute Gasteiger partial charge is 0.461 e. The Balaban J connectivity index is 1.86. The van der Waals surface area contributed by atoms with E-state index in [4.69, 9.17) is 27.9 Å². The van der Waals surface area contributed by atoms with E-state index in [9.17, 15) is 22.7 Å². The number of ether oxygens (including phenoxy) is 2. The maximum Gasteiger partial charge on any atom is 0.461 e. The van der Waals surface area contributed by atoms with Crippen LogP contribution in [-0.2, 0) is 6.54 Å². The van der Waals surface area contributed by atoms with Crippen molar-refractivity contribution in [2.45, 2.75) is 44.9 Å². The lowest BCUT2D eigenvalue weighted by molar-refractivity contribution is -0.253. The molecule has 3 aromatic rings. The minimum atomic E-state index is -4.61. The SMILES string of the molecule is CCCC(O)CN(Cc1cccc(OC(F)(F)C(F)F)c1)c1cccc(Oc2cccc(Cl)c2Cl)c1. The van der Waals surface area contributed by atoms with Gasteiger partial charge in [0.05, 0.1) is 11.1 Å². The second kappa shape index (κ2) is 12.5. The second-order valence-corrected chi connectivity index (χ2v) is 8.87. The Hall–Kier alpha value is -2.68. The Morgan fingerprint density at radius 1 is 0.972 bits per heavy atom. The molecule has 0 saturated heterocycles. The molecule has 0 spiro atoms. The molecule has 194 valence electrons. The summed E-state index contributed by atoms with van der Waals surface area (Å²) in [4.78, 5) is 1.83. The van der Waals surface area contributed by atoms with Gasteiger partial charge in [0.1, 0.15) is 22.3 Å². The highest BCUT2D eigenvalue weighted by molar-refractivity contribution is 6.42. The minimum Gasteiger partial charge on any atom is -0.456 e. The van der Waals surface area contributed by atoms with Crippen molar-refractivity contribution in [1.29, 1.82) is 0 Å². The van der Waals surface area contributed by atoms with E-state index in [1.165, 1.54) is 18.2 Å². The fourth-order valence-corrected chi connectivity index (χ4v) is 3.83. The maximum atomic E-state index is 13.4. The number of aliphatic hydroxyl groups excluding tert-OH is 1. The van der Waals surface area contributed by atoms with Gasteiger partial charge in [0.25, 0.3) is 0 Å². The Bertz CT molecular complexity index is 1150. The van der Waals surface area contributed by atoms with E-state index in [1.54, 1.807) is 48.5 Å². The third-order valence-electron chi connectivity index (χ3n) is 5.16. The summed E-state index contributed by atoms with van der Waals surface area (Å²) in [5, 5.41) is 11.1. The highest BCUT2D eigenvalue weighted by atomic mass is 35.5. The molecular weight excluding hydrogens is 521 g/mol. The van der Waals surface area contributed by atoms with Crippen LogP contribution in [0.3, 0.4) is 0 Å². The molecule has 0 aromatic heterocycles. The van der Waals surface area contributed by atoms with Gasteiger partial charge in [-0.1, -0.05) is 60.8 Å². The third kappa shape index (κ3) is 7.66. The van der Waals surface area contributed by atoms with Crippen LogP contribution < -0.4 is 14.4 Å². The monoisotopic (exact) mass is 545 g/mol. The van der Waals surface area contributed by atoms with Gasteiger partial charge in [0.15, 0.2) is 0 Å². The Kier molecular flexibility index (Phi) is 9.70. The summed E-state index contributed by atoms with van der Waals surface area (Å²) in [6.07, 6.45) is -7.92. The first-order valence-corrected chi connectivity index (χ1v) is 11.9. The molecule has 3 rings (SSSR count). The fourth-order valence-electron chi connectivity index (χ4n) is 3.50. The van der Waals surface area contributed by atoms with E-state index in [-0.39, 0.29) is 23.9 Å². The van der Waals surface area contributed by atoms with Crippen molar-refractivity contribution in [2.75, 3.05) is 11.4 Å². The highest BCUT2D eigenvalue weighted by Gasteiger charge is 2.44. The summed E-state index contributed by atoms with van der Waals surface area (Å²) in [7, 11) is 0. The van der Waals surface area contributed by atoms with Crippen molar-refractivity contribution < 1.29 is 32.1 Å². The summed E-state index contributed by atoms with van der Waals surface area (Å²) in [6, 6.07) is 17.6. The van der Waals surface area contributed by atoms with Crippen LogP contribution in [0, 0.1) is 0 Å². The first-order valence-electron chi connectivity index (χ1n) is 11.2. The van der Waals surface area contributed by atoms with Gasteiger partial charge in [0, 0.05) is 24.8 Å². The molecule has 1 atom stereocenters. The summed E-state index contributed by atoms with van der Waals surface area (Å²) < 4.78 is 62.0. The average Bonchev–Trinajstić information content (AvgIpc) is 2.82. The Morgan fingerprint density at radius 2 is 1.67 bits per heavy atom. The number of aliphatic hydroxyl groups is 1. The molecule has 0 aliphatic heterocycles. The molecule has 0 fully saturated rings. The molecule has 4 nitrogen and oxygen atoms in total. The molecule has 0 radical (unpaired) electrons. The first-order chi connectivity index (χ1) is 17.1. The number of nitrogens with zero attached hydrogens (tertiary/aromatic N) is 1. The van der Waals surface area contributed by atoms with Crippen LogP contribution in [0.25, 0.3) is 0 Å². The first kappa shape index (κ1) is 27.9. The maximum absolute atomic E-state index is 13.4. The average molecular weight is 546 g/mol. The number of halogens is 6. The van der Waals surface area contributed by atoms with Gasteiger partial charge in [-0.15, -0.1) is 0 Å². The lowest BCUT2D eigenvalue weighted by Crippen LogP contribution is -2.33. The molecule has 1 unspecified atom stereocenters. The van der Waals surface area contributed by atoms with Gasteiger partial charge in [-0.25, -0.2) is 0 Å². The molecule has 1 N–H and O–H groups in total. The number of alkyl halides is 4. The summed E-state index contributed by atoms with van der Waals surface area (Å²) in [5.74, 6) is 0.434. The zero-order valence-electron chi connectivity index (χ0n) is 19.3. The summed E-state index contributed by atoms with van der Waals surface area (Å²) >= 11 is 12.3. The van der Waals surface area contributed by atoms with Gasteiger partial charge in [0.2, 0.25) is 0 Å². The van der Waals surface area contributed by atoms with E-state index in [1.807, 2.05) is 11.8 Å². The molecule has 3 aromatic carbocycles. The van der Waals surface area contributed by atoms with Crippen LogP contribution in [0.5, 0.6) is 17.2 Å². The van der Waals surface area contributed by atoms with Crippen LogP contribution in [0.15, 0.2) is 66.7 Å². The van der Waals surface area contributed by atoms with Crippen LogP contribution >= 0.6 is 23.2 Å². The van der Waals surface area contributed by atoms with Gasteiger partial charge in [-0.3, -0.25) is 0 Å². The van der Waals surface area contributed by atoms with Crippen LogP contribution in [-0.4, -0.2) is 30.3 Å². The van der Waals surface area contributed by atoms with Crippen molar-refractivity contribution >= 4 is 28.9 Å². The highest BCUT2D eigenvalue weighted by Crippen LogP contribution is 2.36. The zero-order valence-corrected chi connectivity index (χ0v) is 20.8. The molecule has 0 heterocycles. The van der Waals surface area contributed by atoms with E-state index < -0.39 is 18.6 Å². The van der Waals surface area contributed by atoms with E-state index in [0.717, 1.165) is 6.42 Å². The van der Waals surface area contributed by atoms with Crippen molar-refractivity contribution in [3.8, 4) is 17.2 Å². The number of anilines is 1. The summed E-state index contributed by atoms with van der Waals surface area (Å²) in [6.45, 7) is 2.36. The Morgan fingerprint density at radius 3 is 2.39 bits per heavy atom. The zero-order chi connectivity index (χ0) is 26.3. The van der Waals surface area contributed by atoms with Crippen LogP contribution in [0.2, 0.25) is 10.0 Å². The molecule has 0 aliphatic rings. The standard InChI is InChI=1S/C26H25Cl2F4NO3/c1-2-6-19(34)16-33(15-17-7-3-10-21(13-17)36-26(31,32)25(29)30)18-8-4-9-20(14-18)35-23-12-5-11-22(27)24(23)28/h3-5,7-14,19,25,34H,2,6,15-16H2,1H3. The smallest absolute Gasteiger partial charge is 0.456 e. The predicted molar refractivity (Wildman–Crippen MR) is 133 cm³/mol. The molecule has 10 heteroatoms. The van der Waals surface area contributed by atoms with Gasteiger partial charge in [-0.2, -0.15) is 17.6 Å². The Labute approximate surface area is 217 Å². The number of rotatable bonds is 12.